The summed E-state index contributed by atoms with van der Waals surface area (Å²) in [5, 5.41) is 0. The maximum Gasteiger partial charge on any atom is 0.256 e. The van der Waals surface area contributed by atoms with E-state index >= 15 is 0 Å². The SMILES string of the molecule is CC1(C)c2cc(Oc3ccccc3)ccc2-c2cc3c4c(c21)N(c1ccccc1)c1ccccc1B4c1cc2c(cc1O3)N(c1ccccc1)c1cc3c(c4c1B2c1ccccc1N4c1ccccc1)C(C)(C)c1cc(Oc2ccccc2)ccc1-3. The van der Waals surface area contributed by atoms with Gasteiger partial charge in [0, 0.05) is 68.1 Å². The lowest BCUT2D eigenvalue weighted by atomic mass is 9.30. The number of rotatable bonds is 7. The van der Waals surface area contributed by atoms with Crippen LogP contribution in [0.15, 0.2) is 261 Å². The number of para-hydroxylation sites is 7. The van der Waals surface area contributed by atoms with E-state index in [4.69, 9.17) is 14.2 Å². The average Bonchev–Trinajstić information content (AvgIpc) is 0.923. The summed E-state index contributed by atoms with van der Waals surface area (Å²) in [5.41, 5.74) is 26.7. The summed E-state index contributed by atoms with van der Waals surface area (Å²) < 4.78 is 20.9. The van der Waals surface area contributed by atoms with Crippen molar-refractivity contribution in [3.8, 4) is 56.8 Å². The lowest BCUT2D eigenvalue weighted by molar-refractivity contribution is 0.480. The predicted octanol–water partition coefficient (Wildman–Crippen LogP) is 16.4. The second kappa shape index (κ2) is 18.0. The fourth-order valence-corrected chi connectivity index (χ4v) is 15.7. The number of fused-ring (bicyclic) bond motifs is 16. The average molecular weight is 1100 g/mol. The van der Waals surface area contributed by atoms with Crippen LogP contribution in [0, 0.1) is 0 Å². The fourth-order valence-electron chi connectivity index (χ4n) is 15.7. The second-order valence-electron chi connectivity index (χ2n) is 24.7. The predicted molar refractivity (Wildman–Crippen MR) is 354 cm³/mol. The Labute approximate surface area is 501 Å². The van der Waals surface area contributed by atoms with E-state index in [1.807, 2.05) is 60.7 Å². The molecule has 0 aromatic heterocycles. The third-order valence-electron chi connectivity index (χ3n) is 19.3. The van der Waals surface area contributed by atoms with Crippen LogP contribution in [0.25, 0.3) is 22.3 Å². The Morgan fingerprint density at radius 1 is 0.314 bits per heavy atom. The molecule has 406 valence electrons. The van der Waals surface area contributed by atoms with Crippen LogP contribution < -0.4 is 61.7 Å². The molecule has 4 heterocycles. The van der Waals surface area contributed by atoms with Gasteiger partial charge in [-0.05, 0) is 186 Å². The van der Waals surface area contributed by atoms with E-state index in [2.05, 4.69) is 243 Å². The summed E-state index contributed by atoms with van der Waals surface area (Å²) in [4.78, 5) is 7.63. The smallest absolute Gasteiger partial charge is 0.256 e. The highest BCUT2D eigenvalue weighted by atomic mass is 16.5. The molecule has 8 heteroatoms. The monoisotopic (exact) mass is 1100 g/mol. The molecule has 18 rings (SSSR count). The number of benzene rings is 12. The van der Waals surface area contributed by atoms with E-state index in [1.165, 1.54) is 88.9 Å². The molecule has 0 spiro atoms. The van der Waals surface area contributed by atoms with E-state index in [9.17, 15) is 0 Å². The van der Waals surface area contributed by atoms with Crippen molar-refractivity contribution >= 4 is 97.4 Å². The van der Waals surface area contributed by atoms with Gasteiger partial charge in [0.15, 0.2) is 0 Å². The third-order valence-corrected chi connectivity index (χ3v) is 19.3. The van der Waals surface area contributed by atoms with Gasteiger partial charge in [-0.2, -0.15) is 0 Å². The van der Waals surface area contributed by atoms with Gasteiger partial charge in [0.05, 0.1) is 0 Å². The first kappa shape index (κ1) is 49.0. The molecule has 0 atom stereocenters. The summed E-state index contributed by atoms with van der Waals surface area (Å²) in [6.07, 6.45) is 0. The minimum atomic E-state index is -0.433. The maximum absolute atomic E-state index is 7.73. The molecular weight excluding hydrogens is 1050 g/mol. The van der Waals surface area contributed by atoms with E-state index in [-0.39, 0.29) is 13.4 Å². The van der Waals surface area contributed by atoms with Gasteiger partial charge in [0.2, 0.25) is 0 Å². The van der Waals surface area contributed by atoms with E-state index in [0.717, 1.165) is 74.1 Å². The Bertz CT molecular complexity index is 4820. The molecule has 4 aliphatic heterocycles. The van der Waals surface area contributed by atoms with Crippen molar-refractivity contribution in [2.45, 2.75) is 38.5 Å². The van der Waals surface area contributed by atoms with Gasteiger partial charge in [0.25, 0.3) is 13.4 Å². The number of hydrogen-bond acceptors (Lipinski definition) is 6. The normalized spacial score (nSPS) is 14.9. The Hall–Kier alpha value is -10.4. The molecule has 0 amide bonds. The number of hydrogen-bond donors (Lipinski definition) is 0. The van der Waals surface area contributed by atoms with Crippen LogP contribution in [-0.2, 0) is 10.8 Å². The molecule has 0 bridgehead atoms. The van der Waals surface area contributed by atoms with Crippen molar-refractivity contribution in [3.05, 3.63) is 283 Å². The van der Waals surface area contributed by atoms with Crippen molar-refractivity contribution in [1.82, 2.24) is 0 Å². The molecule has 12 aromatic carbocycles. The molecule has 0 N–H and O–H groups in total. The minimum absolute atomic E-state index is 0.153. The van der Waals surface area contributed by atoms with Crippen molar-refractivity contribution in [2.24, 2.45) is 0 Å². The summed E-state index contributed by atoms with van der Waals surface area (Å²) in [7, 11) is 0. The van der Waals surface area contributed by atoms with Crippen LogP contribution in [0.2, 0.25) is 0 Å². The van der Waals surface area contributed by atoms with Gasteiger partial charge in [-0.1, -0.05) is 173 Å². The van der Waals surface area contributed by atoms with Gasteiger partial charge in [-0.3, -0.25) is 0 Å². The van der Waals surface area contributed by atoms with E-state index in [1.54, 1.807) is 0 Å². The van der Waals surface area contributed by atoms with Crippen molar-refractivity contribution in [2.75, 3.05) is 14.7 Å². The highest BCUT2D eigenvalue weighted by Crippen LogP contribution is 2.60. The highest BCUT2D eigenvalue weighted by Gasteiger charge is 2.53. The molecule has 0 saturated heterocycles. The Balaban J connectivity index is 0.901. The van der Waals surface area contributed by atoms with Crippen LogP contribution in [0.5, 0.6) is 34.5 Å². The van der Waals surface area contributed by atoms with Crippen LogP contribution >= 0.6 is 0 Å². The zero-order chi connectivity index (χ0) is 57.2. The first-order valence-electron chi connectivity index (χ1n) is 30.0. The first-order valence-corrected chi connectivity index (χ1v) is 30.0. The minimum Gasteiger partial charge on any atom is -0.458 e. The van der Waals surface area contributed by atoms with Crippen LogP contribution in [0.1, 0.15) is 49.9 Å². The van der Waals surface area contributed by atoms with Gasteiger partial charge >= 0.3 is 0 Å². The summed E-state index contributed by atoms with van der Waals surface area (Å²) in [6, 6.07) is 94.5. The molecule has 86 heavy (non-hydrogen) atoms. The van der Waals surface area contributed by atoms with Crippen molar-refractivity contribution in [3.63, 3.8) is 0 Å². The molecule has 0 unspecified atom stereocenters. The lowest BCUT2D eigenvalue weighted by Gasteiger charge is -2.47. The topological polar surface area (TPSA) is 37.4 Å². The second-order valence-corrected chi connectivity index (χ2v) is 24.7. The van der Waals surface area contributed by atoms with Crippen molar-refractivity contribution in [1.29, 1.82) is 0 Å². The summed E-state index contributed by atoms with van der Waals surface area (Å²) in [5.74, 6) is 5.00. The van der Waals surface area contributed by atoms with Gasteiger partial charge in [-0.25, -0.2) is 0 Å². The molecule has 2 aliphatic carbocycles. The largest absolute Gasteiger partial charge is 0.458 e. The fraction of sp³-hybridized carbons (Fsp3) is 0.0769. The number of anilines is 9. The van der Waals surface area contributed by atoms with Gasteiger partial charge < -0.3 is 28.9 Å². The van der Waals surface area contributed by atoms with E-state index < -0.39 is 10.8 Å². The molecule has 0 fully saturated rings. The first-order chi connectivity index (χ1) is 42.2. The zero-order valence-electron chi connectivity index (χ0n) is 48.0. The van der Waals surface area contributed by atoms with Crippen molar-refractivity contribution < 1.29 is 14.2 Å². The van der Waals surface area contributed by atoms with E-state index in [0.29, 0.717) is 0 Å². The molecule has 12 aromatic rings. The Morgan fingerprint density at radius 3 is 1.26 bits per heavy atom. The standard InChI is InChI=1S/C78H55B2N3O3/c1-77(2)59-42-53(84-51-30-16-8-17-31-51)38-40-55(59)57-44-68-73-75(71(57)77)82(49-26-12-6-13-27-49)65-36-22-20-34-61(65)79(73)63-46-64-69(47-67(63)81(68)48-24-10-5-11-25-48)86-70-45-58-56-41-39-54(85-52-32-18-9-19-33-52)43-60(56)78(3,4)72(58)76-74(70)80(64)62-35-21-23-37-66(62)83(76)50-28-14-7-15-29-50/h5-47H,1-4H3. The molecule has 6 aliphatic rings. The van der Waals surface area contributed by atoms with Gasteiger partial charge in [-0.15, -0.1) is 0 Å². The summed E-state index contributed by atoms with van der Waals surface area (Å²) in [6.45, 7) is 9.28. The number of nitrogens with zero attached hydrogens (tertiary/aromatic N) is 3. The maximum atomic E-state index is 7.73. The summed E-state index contributed by atoms with van der Waals surface area (Å²) >= 11 is 0. The Kier molecular flexibility index (Phi) is 10.3. The quantitative estimate of drug-likeness (QED) is 0.148. The highest BCUT2D eigenvalue weighted by molar-refractivity contribution is 7.02. The molecule has 0 radical (unpaired) electrons. The van der Waals surface area contributed by atoms with Crippen LogP contribution in [-0.4, -0.2) is 13.4 Å². The molecular formula is C78H55B2N3O3. The van der Waals surface area contributed by atoms with Gasteiger partial charge in [0.1, 0.15) is 34.5 Å². The van der Waals surface area contributed by atoms with Crippen LogP contribution in [0.3, 0.4) is 0 Å². The molecule has 0 saturated carbocycles. The molecule has 6 nitrogen and oxygen atoms in total. The zero-order valence-corrected chi connectivity index (χ0v) is 48.0. The third kappa shape index (κ3) is 6.86. The Morgan fingerprint density at radius 2 is 0.744 bits per heavy atom. The number of ether oxygens (including phenoxy) is 3. The van der Waals surface area contributed by atoms with Crippen LogP contribution in [0.4, 0.5) is 51.2 Å². The lowest BCUT2D eigenvalue weighted by Crippen LogP contribution is -2.64.